The Morgan fingerprint density at radius 1 is 1.24 bits per heavy atom. The molecule has 2 rings (SSSR count). The predicted octanol–water partition coefficient (Wildman–Crippen LogP) is 4.68. The standard InChI is InChI=1S/C17H15BrCl2N2O3/c1-10(25-16-6-4-13(19)8-14(16)20)17(23)22-21-9-11-7-12(18)3-5-15(11)24-2/h3-10H,1-2H3,(H,22,23). The first kappa shape index (κ1) is 19.6. The van der Waals surface area contributed by atoms with Gasteiger partial charge in [-0.25, -0.2) is 5.43 Å². The fraction of sp³-hybridized carbons (Fsp3) is 0.176. The molecule has 0 bridgehead atoms. The normalized spacial score (nSPS) is 12.0. The van der Waals surface area contributed by atoms with E-state index in [9.17, 15) is 4.79 Å². The topological polar surface area (TPSA) is 59.9 Å². The molecule has 1 N–H and O–H groups in total. The Labute approximate surface area is 164 Å². The van der Waals surface area contributed by atoms with Gasteiger partial charge in [-0.15, -0.1) is 0 Å². The van der Waals surface area contributed by atoms with E-state index in [0.29, 0.717) is 27.1 Å². The molecule has 132 valence electrons. The van der Waals surface area contributed by atoms with E-state index in [1.54, 1.807) is 38.3 Å². The second-order valence-corrected chi connectivity index (χ2v) is 6.71. The van der Waals surface area contributed by atoms with E-state index in [-0.39, 0.29) is 0 Å². The van der Waals surface area contributed by atoms with Crippen LogP contribution in [0.1, 0.15) is 12.5 Å². The van der Waals surface area contributed by atoms with Gasteiger partial charge < -0.3 is 9.47 Å². The second-order valence-electron chi connectivity index (χ2n) is 4.96. The molecule has 8 heteroatoms. The van der Waals surface area contributed by atoms with Crippen LogP contribution in [0.4, 0.5) is 0 Å². The number of halogens is 3. The lowest BCUT2D eigenvalue weighted by Crippen LogP contribution is -2.33. The van der Waals surface area contributed by atoms with Gasteiger partial charge in [0.15, 0.2) is 6.10 Å². The summed E-state index contributed by atoms with van der Waals surface area (Å²) in [6.07, 6.45) is 0.698. The van der Waals surface area contributed by atoms with Gasteiger partial charge in [0.25, 0.3) is 5.91 Å². The van der Waals surface area contributed by atoms with Crippen molar-refractivity contribution in [2.24, 2.45) is 5.10 Å². The molecule has 1 atom stereocenters. The van der Waals surface area contributed by atoms with Crippen molar-refractivity contribution in [3.63, 3.8) is 0 Å². The van der Waals surface area contributed by atoms with Crippen molar-refractivity contribution in [2.45, 2.75) is 13.0 Å². The fourth-order valence-corrected chi connectivity index (χ4v) is 2.71. The molecule has 1 unspecified atom stereocenters. The highest BCUT2D eigenvalue weighted by molar-refractivity contribution is 9.10. The summed E-state index contributed by atoms with van der Waals surface area (Å²) in [5, 5.41) is 4.75. The summed E-state index contributed by atoms with van der Waals surface area (Å²) in [5.74, 6) is 0.584. The molecular formula is C17H15BrCl2N2O3. The zero-order valence-corrected chi connectivity index (χ0v) is 16.5. The number of rotatable bonds is 6. The van der Waals surface area contributed by atoms with Crippen LogP contribution in [-0.2, 0) is 4.79 Å². The van der Waals surface area contributed by atoms with E-state index in [1.807, 2.05) is 12.1 Å². The van der Waals surface area contributed by atoms with Crippen LogP contribution in [0.2, 0.25) is 10.0 Å². The summed E-state index contributed by atoms with van der Waals surface area (Å²) in [7, 11) is 1.56. The number of methoxy groups -OCH3 is 1. The first-order valence-electron chi connectivity index (χ1n) is 7.19. The van der Waals surface area contributed by atoms with Crippen molar-refractivity contribution < 1.29 is 14.3 Å². The van der Waals surface area contributed by atoms with Gasteiger partial charge in [-0.3, -0.25) is 4.79 Å². The van der Waals surface area contributed by atoms with Gasteiger partial charge in [-0.05, 0) is 43.3 Å². The minimum atomic E-state index is -0.791. The highest BCUT2D eigenvalue weighted by Gasteiger charge is 2.15. The molecular weight excluding hydrogens is 431 g/mol. The number of nitrogens with one attached hydrogen (secondary N) is 1. The van der Waals surface area contributed by atoms with Crippen LogP contribution in [0.15, 0.2) is 46.0 Å². The third-order valence-corrected chi connectivity index (χ3v) is 4.16. The lowest BCUT2D eigenvalue weighted by Gasteiger charge is -2.14. The Balaban J connectivity index is 1.98. The van der Waals surface area contributed by atoms with Gasteiger partial charge in [-0.1, -0.05) is 39.1 Å². The lowest BCUT2D eigenvalue weighted by atomic mass is 10.2. The van der Waals surface area contributed by atoms with Crippen molar-refractivity contribution in [3.8, 4) is 11.5 Å². The summed E-state index contributed by atoms with van der Waals surface area (Å²) >= 11 is 15.2. The van der Waals surface area contributed by atoms with Crippen LogP contribution in [0.5, 0.6) is 11.5 Å². The summed E-state index contributed by atoms with van der Waals surface area (Å²) in [5.41, 5.74) is 3.13. The number of carbonyl (C=O) groups is 1. The zero-order chi connectivity index (χ0) is 18.4. The van der Waals surface area contributed by atoms with Crippen molar-refractivity contribution in [1.82, 2.24) is 5.43 Å². The summed E-state index contributed by atoms with van der Waals surface area (Å²) in [6, 6.07) is 10.2. The molecule has 1 amide bonds. The highest BCUT2D eigenvalue weighted by atomic mass is 79.9. The molecule has 0 aliphatic heterocycles. The van der Waals surface area contributed by atoms with Crippen molar-refractivity contribution in [1.29, 1.82) is 0 Å². The smallest absolute Gasteiger partial charge is 0.280 e. The average molecular weight is 446 g/mol. The van der Waals surface area contributed by atoms with Crippen LogP contribution in [0, 0.1) is 0 Å². The second kappa shape index (κ2) is 9.08. The van der Waals surface area contributed by atoms with E-state index in [0.717, 1.165) is 4.47 Å². The minimum absolute atomic E-state index is 0.328. The van der Waals surface area contributed by atoms with Crippen molar-refractivity contribution in [2.75, 3.05) is 7.11 Å². The van der Waals surface area contributed by atoms with E-state index < -0.39 is 12.0 Å². The van der Waals surface area contributed by atoms with Crippen LogP contribution in [0.3, 0.4) is 0 Å². The molecule has 0 fully saturated rings. The number of hydrogen-bond acceptors (Lipinski definition) is 4. The molecule has 0 spiro atoms. The number of benzene rings is 2. The maximum absolute atomic E-state index is 12.1. The number of nitrogens with zero attached hydrogens (tertiary/aromatic N) is 1. The first-order valence-corrected chi connectivity index (χ1v) is 8.73. The Morgan fingerprint density at radius 2 is 1.96 bits per heavy atom. The Kier molecular flexibility index (Phi) is 7.11. The quantitative estimate of drug-likeness (QED) is 0.518. The summed E-state index contributed by atoms with van der Waals surface area (Å²) < 4.78 is 11.6. The van der Waals surface area contributed by atoms with Gasteiger partial charge >= 0.3 is 0 Å². The van der Waals surface area contributed by atoms with Crippen LogP contribution >= 0.6 is 39.1 Å². The van der Waals surface area contributed by atoms with E-state index in [4.69, 9.17) is 32.7 Å². The van der Waals surface area contributed by atoms with Gasteiger partial charge in [0.05, 0.1) is 18.3 Å². The molecule has 5 nitrogen and oxygen atoms in total. The number of carbonyl (C=O) groups excluding carboxylic acids is 1. The minimum Gasteiger partial charge on any atom is -0.496 e. The Hall–Kier alpha value is -1.76. The SMILES string of the molecule is COc1ccc(Br)cc1C=NNC(=O)C(C)Oc1ccc(Cl)cc1Cl. The summed E-state index contributed by atoms with van der Waals surface area (Å²) in [6.45, 7) is 1.59. The number of ether oxygens (including phenoxy) is 2. The third-order valence-electron chi connectivity index (χ3n) is 3.14. The van der Waals surface area contributed by atoms with Gasteiger partial charge in [-0.2, -0.15) is 5.10 Å². The maximum Gasteiger partial charge on any atom is 0.280 e. The molecule has 0 aliphatic carbocycles. The molecule has 0 heterocycles. The molecule has 25 heavy (non-hydrogen) atoms. The van der Waals surface area contributed by atoms with Crippen molar-refractivity contribution >= 4 is 51.3 Å². The van der Waals surface area contributed by atoms with E-state index in [1.165, 1.54) is 6.21 Å². The van der Waals surface area contributed by atoms with Gasteiger partial charge in [0.1, 0.15) is 11.5 Å². The molecule has 0 aromatic heterocycles. The molecule has 0 saturated carbocycles. The fourth-order valence-electron chi connectivity index (χ4n) is 1.88. The monoisotopic (exact) mass is 444 g/mol. The summed E-state index contributed by atoms with van der Waals surface area (Å²) in [4.78, 5) is 12.1. The van der Waals surface area contributed by atoms with Crippen LogP contribution < -0.4 is 14.9 Å². The number of hydrogen-bond donors (Lipinski definition) is 1. The Morgan fingerprint density at radius 3 is 2.64 bits per heavy atom. The van der Waals surface area contributed by atoms with E-state index >= 15 is 0 Å². The first-order chi connectivity index (χ1) is 11.9. The molecule has 0 saturated heterocycles. The highest BCUT2D eigenvalue weighted by Crippen LogP contribution is 2.28. The molecule has 0 radical (unpaired) electrons. The van der Waals surface area contributed by atoms with Crippen LogP contribution in [0.25, 0.3) is 0 Å². The van der Waals surface area contributed by atoms with E-state index in [2.05, 4.69) is 26.5 Å². The van der Waals surface area contributed by atoms with Crippen LogP contribution in [-0.4, -0.2) is 25.3 Å². The largest absolute Gasteiger partial charge is 0.496 e. The molecule has 0 aliphatic rings. The van der Waals surface area contributed by atoms with Gasteiger partial charge in [0.2, 0.25) is 0 Å². The zero-order valence-electron chi connectivity index (χ0n) is 13.4. The number of hydrazone groups is 1. The predicted molar refractivity (Wildman–Crippen MR) is 103 cm³/mol. The van der Waals surface area contributed by atoms with Crippen molar-refractivity contribution in [3.05, 3.63) is 56.5 Å². The lowest BCUT2D eigenvalue weighted by molar-refractivity contribution is -0.127. The molecule has 2 aromatic rings. The number of amides is 1. The average Bonchev–Trinajstić information content (AvgIpc) is 2.57. The Bertz CT molecular complexity index is 799. The van der Waals surface area contributed by atoms with Gasteiger partial charge in [0, 0.05) is 15.1 Å². The third kappa shape index (κ3) is 5.63. The maximum atomic E-state index is 12.1. The molecule has 2 aromatic carbocycles.